The van der Waals surface area contributed by atoms with Crippen molar-refractivity contribution in [1.82, 2.24) is 15.3 Å². The Bertz CT molecular complexity index is 667. The molecule has 154 valence electrons. The quantitative estimate of drug-likeness (QED) is 0.743. The van der Waals surface area contributed by atoms with Crippen LogP contribution in [-0.2, 0) is 4.74 Å². The summed E-state index contributed by atoms with van der Waals surface area (Å²) in [6, 6.07) is 2.60. The van der Waals surface area contributed by atoms with Crippen molar-refractivity contribution in [3.8, 4) is 0 Å². The van der Waals surface area contributed by atoms with Gasteiger partial charge < -0.3 is 25.2 Å². The van der Waals surface area contributed by atoms with Crippen molar-refractivity contribution in [2.45, 2.75) is 51.5 Å². The molecule has 1 aromatic rings. The third kappa shape index (κ3) is 5.03. The van der Waals surface area contributed by atoms with Crippen LogP contribution in [0.2, 0.25) is 0 Å². The molecular weight excluding hydrogens is 372 g/mol. The van der Waals surface area contributed by atoms with E-state index in [1.54, 1.807) is 0 Å². The molecule has 3 fully saturated rings. The molecule has 4 rings (SSSR count). The smallest absolute Gasteiger partial charge is 0.232 e. The van der Waals surface area contributed by atoms with Gasteiger partial charge in [0, 0.05) is 38.3 Å². The van der Waals surface area contributed by atoms with Crippen molar-refractivity contribution in [2.24, 2.45) is 5.92 Å². The number of piperidine rings is 1. The lowest BCUT2D eigenvalue weighted by Crippen LogP contribution is -2.39. The third-order valence-corrected chi connectivity index (χ3v) is 6.28. The van der Waals surface area contributed by atoms with Crippen LogP contribution in [0.3, 0.4) is 0 Å². The Kier molecular flexibility index (Phi) is 6.47. The normalized spacial score (nSPS) is 21.8. The van der Waals surface area contributed by atoms with Gasteiger partial charge in [-0.25, -0.2) is 0 Å². The van der Waals surface area contributed by atoms with Crippen molar-refractivity contribution in [3.63, 3.8) is 0 Å². The summed E-state index contributed by atoms with van der Waals surface area (Å²) in [7, 11) is 0. The van der Waals surface area contributed by atoms with Crippen LogP contribution in [0.4, 0.5) is 17.6 Å². The minimum atomic E-state index is 0.477. The van der Waals surface area contributed by atoms with Gasteiger partial charge in [0.15, 0.2) is 5.11 Å². The topological polar surface area (TPSA) is 65.6 Å². The molecule has 1 aliphatic carbocycles. The van der Waals surface area contributed by atoms with Gasteiger partial charge in [-0.1, -0.05) is 19.8 Å². The van der Waals surface area contributed by atoms with Gasteiger partial charge in [-0.15, -0.1) is 0 Å². The number of nitrogens with one attached hydrogen (secondary N) is 2. The molecule has 3 heterocycles. The van der Waals surface area contributed by atoms with Crippen LogP contribution in [0.25, 0.3) is 0 Å². The molecule has 8 heteroatoms. The average molecular weight is 405 g/mol. The van der Waals surface area contributed by atoms with Crippen LogP contribution < -0.4 is 20.4 Å². The molecule has 3 aliphatic rings. The van der Waals surface area contributed by atoms with Gasteiger partial charge in [0.05, 0.1) is 13.2 Å². The van der Waals surface area contributed by atoms with Crippen LogP contribution in [0.15, 0.2) is 6.07 Å². The van der Waals surface area contributed by atoms with Gasteiger partial charge in [0.25, 0.3) is 0 Å². The van der Waals surface area contributed by atoms with Crippen LogP contribution in [0, 0.1) is 5.92 Å². The number of anilines is 3. The molecule has 1 aromatic heterocycles. The molecule has 0 unspecified atom stereocenters. The van der Waals surface area contributed by atoms with E-state index in [2.05, 4.69) is 33.4 Å². The van der Waals surface area contributed by atoms with Gasteiger partial charge in [-0.05, 0) is 43.8 Å². The lowest BCUT2D eigenvalue weighted by molar-refractivity contribution is 0.122. The molecule has 7 nitrogen and oxygen atoms in total. The summed E-state index contributed by atoms with van der Waals surface area (Å²) in [6.07, 6.45) is 7.35. The Morgan fingerprint density at radius 3 is 2.25 bits per heavy atom. The van der Waals surface area contributed by atoms with Gasteiger partial charge in [0.1, 0.15) is 11.6 Å². The fourth-order valence-electron chi connectivity index (χ4n) is 4.23. The number of hydrogen-bond acceptors (Lipinski definition) is 6. The second-order valence-corrected chi connectivity index (χ2v) is 8.67. The zero-order valence-corrected chi connectivity index (χ0v) is 17.6. The number of nitrogens with zero attached hydrogens (tertiary/aromatic N) is 4. The number of ether oxygens (including phenoxy) is 1. The van der Waals surface area contributed by atoms with E-state index >= 15 is 0 Å². The lowest BCUT2D eigenvalue weighted by Gasteiger charge is -2.33. The largest absolute Gasteiger partial charge is 0.378 e. The highest BCUT2D eigenvalue weighted by atomic mass is 32.1. The lowest BCUT2D eigenvalue weighted by atomic mass is 9.99. The van der Waals surface area contributed by atoms with Crippen LogP contribution in [-0.4, -0.2) is 60.5 Å². The molecule has 2 saturated heterocycles. The predicted molar refractivity (Wildman–Crippen MR) is 117 cm³/mol. The number of hydrogen-bond donors (Lipinski definition) is 2. The van der Waals surface area contributed by atoms with Gasteiger partial charge in [-0.2, -0.15) is 9.97 Å². The molecule has 0 aromatic carbocycles. The van der Waals surface area contributed by atoms with Crippen LogP contribution in [0.1, 0.15) is 45.4 Å². The summed E-state index contributed by atoms with van der Waals surface area (Å²) in [5.41, 5.74) is 0. The highest BCUT2D eigenvalue weighted by molar-refractivity contribution is 7.80. The first-order valence-corrected chi connectivity index (χ1v) is 11.1. The van der Waals surface area contributed by atoms with Crippen LogP contribution >= 0.6 is 12.2 Å². The minimum Gasteiger partial charge on any atom is -0.378 e. The number of aromatic nitrogens is 2. The molecule has 1 saturated carbocycles. The SMILES string of the molecule is CC1CCN(c2cc(N3CCOCC3)nc(NC(=S)NC3CCCC3)n2)CC1. The fraction of sp³-hybridized carbons (Fsp3) is 0.750. The highest BCUT2D eigenvalue weighted by Gasteiger charge is 2.22. The van der Waals surface area contributed by atoms with E-state index in [4.69, 9.17) is 26.9 Å². The van der Waals surface area contributed by atoms with Gasteiger partial charge >= 0.3 is 0 Å². The highest BCUT2D eigenvalue weighted by Crippen LogP contribution is 2.26. The summed E-state index contributed by atoms with van der Waals surface area (Å²) in [5.74, 6) is 3.33. The van der Waals surface area contributed by atoms with E-state index in [-0.39, 0.29) is 0 Å². The van der Waals surface area contributed by atoms with E-state index in [0.717, 1.165) is 56.9 Å². The van der Waals surface area contributed by atoms with Gasteiger partial charge in [0.2, 0.25) is 5.95 Å². The molecule has 0 spiro atoms. The number of morpholine rings is 1. The predicted octanol–water partition coefficient (Wildman–Crippen LogP) is 2.78. The second-order valence-electron chi connectivity index (χ2n) is 8.26. The summed E-state index contributed by atoms with van der Waals surface area (Å²) in [4.78, 5) is 14.2. The summed E-state index contributed by atoms with van der Waals surface area (Å²) in [6.45, 7) is 7.62. The Morgan fingerprint density at radius 2 is 1.61 bits per heavy atom. The first kappa shape index (κ1) is 19.6. The maximum absolute atomic E-state index is 5.54. The summed E-state index contributed by atoms with van der Waals surface area (Å²) < 4.78 is 5.51. The van der Waals surface area contributed by atoms with Crippen molar-refractivity contribution in [1.29, 1.82) is 0 Å². The van der Waals surface area contributed by atoms with E-state index in [1.807, 2.05) is 0 Å². The Morgan fingerprint density at radius 1 is 1.00 bits per heavy atom. The maximum atomic E-state index is 5.54. The molecule has 2 aliphatic heterocycles. The fourth-order valence-corrected chi connectivity index (χ4v) is 4.48. The first-order chi connectivity index (χ1) is 13.7. The maximum Gasteiger partial charge on any atom is 0.232 e. The average Bonchev–Trinajstić information content (AvgIpc) is 3.22. The third-order valence-electron chi connectivity index (χ3n) is 6.06. The van der Waals surface area contributed by atoms with Crippen molar-refractivity contribution in [3.05, 3.63) is 6.07 Å². The van der Waals surface area contributed by atoms with Crippen molar-refractivity contribution >= 4 is 34.9 Å². The standard InChI is InChI=1S/C20H32N6OS/c1-15-6-8-25(9-7-15)17-14-18(26-10-12-27-13-11-26)23-19(22-17)24-20(28)21-16-4-2-3-5-16/h14-16H,2-13H2,1H3,(H2,21,22,23,24,28). The zero-order chi connectivity index (χ0) is 19.3. The number of thiocarbonyl (C=S) groups is 1. The second kappa shape index (κ2) is 9.22. The van der Waals surface area contributed by atoms with E-state index in [9.17, 15) is 0 Å². The molecule has 0 amide bonds. The summed E-state index contributed by atoms with van der Waals surface area (Å²) >= 11 is 5.54. The Balaban J connectivity index is 1.51. The van der Waals surface area contributed by atoms with Gasteiger partial charge in [-0.3, -0.25) is 0 Å². The Labute approximate surface area is 173 Å². The molecular formula is C20H32N6OS. The zero-order valence-electron chi connectivity index (χ0n) is 16.8. The van der Waals surface area contributed by atoms with E-state index < -0.39 is 0 Å². The molecule has 0 atom stereocenters. The number of rotatable bonds is 4. The van der Waals surface area contributed by atoms with E-state index in [0.29, 0.717) is 17.1 Å². The van der Waals surface area contributed by atoms with Crippen LogP contribution in [0.5, 0.6) is 0 Å². The molecule has 0 radical (unpaired) electrons. The van der Waals surface area contributed by atoms with Crippen molar-refractivity contribution in [2.75, 3.05) is 54.5 Å². The summed E-state index contributed by atoms with van der Waals surface area (Å²) in [5, 5.41) is 7.30. The Hall–Kier alpha value is -1.67. The minimum absolute atomic E-state index is 0.477. The molecule has 28 heavy (non-hydrogen) atoms. The van der Waals surface area contributed by atoms with Crippen molar-refractivity contribution < 1.29 is 4.74 Å². The molecule has 0 bridgehead atoms. The monoisotopic (exact) mass is 404 g/mol. The first-order valence-electron chi connectivity index (χ1n) is 10.7. The molecule has 2 N–H and O–H groups in total. The van der Waals surface area contributed by atoms with E-state index in [1.165, 1.54) is 38.5 Å².